The number of carbonyl (C=O) groups excluding carboxylic acids is 3. The largest absolute Gasteiger partial charge is 0.477 e. The minimum absolute atomic E-state index is 0.162. The van der Waals surface area contributed by atoms with Gasteiger partial charge >= 0.3 is 5.97 Å². The van der Waals surface area contributed by atoms with E-state index in [4.69, 9.17) is 37.9 Å². The number of hydrogen-bond acceptors (Lipinski definition) is 25. The van der Waals surface area contributed by atoms with Crippen molar-refractivity contribution >= 4 is 23.7 Å². The quantitative estimate of drug-likeness (QED) is 0.0300. The number of unbranched alkanes of at least 4 members (excludes halogenated alkanes) is 25. The second kappa shape index (κ2) is 46.3. The Morgan fingerprint density at radius 1 is 0.542 bits per heavy atom. The Morgan fingerprint density at radius 3 is 1.51 bits per heavy atom. The van der Waals surface area contributed by atoms with Crippen LogP contribution in [0.1, 0.15) is 214 Å². The number of carbonyl (C=O) groups is 4. The Bertz CT molecular complexity index is 2180. The molecule has 29 nitrogen and oxygen atoms in total. The van der Waals surface area contributed by atoms with Crippen molar-refractivity contribution < 1.29 is 129 Å². The summed E-state index contributed by atoms with van der Waals surface area (Å²) in [5.74, 6) is -7.36. The highest BCUT2D eigenvalue weighted by Crippen LogP contribution is 2.40. The topological polar surface area (TPSA) is 461 Å². The summed E-state index contributed by atoms with van der Waals surface area (Å²) in [5.41, 5.74) is 0. The predicted molar refractivity (Wildman–Crippen MR) is 346 cm³/mol. The first-order chi connectivity index (χ1) is 46.0. The van der Waals surface area contributed by atoms with Crippen LogP contribution in [0.4, 0.5) is 0 Å². The fourth-order valence-electron chi connectivity index (χ4n) is 12.8. The minimum atomic E-state index is -3.28. The number of ether oxygens (including phenoxy) is 8. The zero-order chi connectivity index (χ0) is 70.7. The van der Waals surface area contributed by atoms with Crippen LogP contribution in [-0.4, -0.2) is 269 Å². The molecule has 0 aromatic rings. The number of carboxylic acid groups (broad SMARTS) is 1. The van der Waals surface area contributed by atoms with E-state index in [1.807, 2.05) is 6.08 Å². The number of aliphatic carboxylic acids is 1. The molecule has 0 aromatic heterocycles. The molecule has 4 aliphatic rings. The van der Waals surface area contributed by atoms with Gasteiger partial charge in [0.2, 0.25) is 17.7 Å². The van der Waals surface area contributed by atoms with Crippen molar-refractivity contribution in [2.24, 2.45) is 0 Å². The average molecular weight is 1380 g/mol. The highest BCUT2D eigenvalue weighted by molar-refractivity contribution is 5.77. The average Bonchev–Trinajstić information content (AvgIpc) is 0.761. The second-order valence-corrected chi connectivity index (χ2v) is 26.5. The number of amides is 3. The van der Waals surface area contributed by atoms with Crippen molar-refractivity contribution in [2.45, 2.75) is 354 Å². The summed E-state index contributed by atoms with van der Waals surface area (Å²) in [7, 11) is 0. The van der Waals surface area contributed by atoms with Gasteiger partial charge in [-0.05, 0) is 19.3 Å². The zero-order valence-corrected chi connectivity index (χ0v) is 57.1. The molecule has 23 atom stereocenters. The minimum Gasteiger partial charge on any atom is -0.477 e. The highest BCUT2D eigenvalue weighted by atomic mass is 16.8. The molecule has 560 valence electrons. The van der Waals surface area contributed by atoms with E-state index < -0.39 is 198 Å². The van der Waals surface area contributed by atoms with Crippen LogP contribution in [0, 0.1) is 0 Å². The number of aliphatic hydroxyl groups is 13. The van der Waals surface area contributed by atoms with Crippen LogP contribution in [0.3, 0.4) is 0 Å². The zero-order valence-electron chi connectivity index (χ0n) is 57.1. The lowest BCUT2D eigenvalue weighted by Gasteiger charge is -2.52. The normalized spacial score (nSPS) is 32.3. The number of rotatable bonds is 49. The maximum absolute atomic E-state index is 13.6. The number of hydrogen-bond donors (Lipinski definition) is 17. The molecule has 0 spiro atoms. The third-order valence-electron chi connectivity index (χ3n) is 18.5. The second-order valence-electron chi connectivity index (χ2n) is 26.5. The van der Waals surface area contributed by atoms with Crippen LogP contribution >= 0.6 is 0 Å². The highest BCUT2D eigenvalue weighted by Gasteiger charge is 2.61. The molecule has 0 saturated carbocycles. The van der Waals surface area contributed by atoms with Crippen LogP contribution in [-0.2, 0) is 57.1 Å². The van der Waals surface area contributed by atoms with E-state index in [0.29, 0.717) is 12.8 Å². The van der Waals surface area contributed by atoms with E-state index in [1.165, 1.54) is 109 Å². The van der Waals surface area contributed by atoms with Gasteiger partial charge in [-0.1, -0.05) is 180 Å². The maximum Gasteiger partial charge on any atom is 0.364 e. The van der Waals surface area contributed by atoms with E-state index >= 15 is 0 Å². The Kier molecular flexibility index (Phi) is 41.1. The number of allylic oxidation sites excluding steroid dienone is 1. The van der Waals surface area contributed by atoms with Gasteiger partial charge in [0.15, 0.2) is 18.9 Å². The van der Waals surface area contributed by atoms with Crippen molar-refractivity contribution in [1.29, 1.82) is 0 Å². The molecular formula is C67H121N3O26. The fourth-order valence-corrected chi connectivity index (χ4v) is 12.8. The van der Waals surface area contributed by atoms with Gasteiger partial charge in [0.1, 0.15) is 91.5 Å². The Labute approximate surface area is 565 Å². The lowest BCUT2D eigenvalue weighted by molar-refractivity contribution is -0.401. The molecule has 29 heteroatoms. The van der Waals surface area contributed by atoms with Crippen molar-refractivity contribution in [1.82, 2.24) is 16.0 Å². The number of nitrogens with one attached hydrogen (secondary N) is 3. The van der Waals surface area contributed by atoms with E-state index in [9.17, 15) is 90.7 Å². The summed E-state index contributed by atoms with van der Waals surface area (Å²) in [6, 6.07) is -4.52. The summed E-state index contributed by atoms with van der Waals surface area (Å²) in [6.45, 7) is 1.73. The van der Waals surface area contributed by atoms with Crippen molar-refractivity contribution in [3.8, 4) is 0 Å². The smallest absolute Gasteiger partial charge is 0.364 e. The summed E-state index contributed by atoms with van der Waals surface area (Å²) in [5, 5.41) is 163. The maximum atomic E-state index is 13.6. The monoisotopic (exact) mass is 1380 g/mol. The lowest BCUT2D eigenvalue weighted by Crippen LogP contribution is -2.72. The van der Waals surface area contributed by atoms with Gasteiger partial charge < -0.3 is 125 Å². The summed E-state index contributed by atoms with van der Waals surface area (Å²) in [6.07, 6.45) is -4.64. The molecule has 4 fully saturated rings. The molecule has 0 aliphatic carbocycles. The first kappa shape index (κ1) is 85.2. The molecule has 3 amide bonds. The number of aliphatic hydroxyl groups excluding tert-OH is 13. The summed E-state index contributed by atoms with van der Waals surface area (Å²) < 4.78 is 47.9. The van der Waals surface area contributed by atoms with Gasteiger partial charge in [-0.2, -0.15) is 0 Å². The summed E-state index contributed by atoms with van der Waals surface area (Å²) in [4.78, 5) is 51.9. The van der Waals surface area contributed by atoms with Gasteiger partial charge in [0, 0.05) is 26.7 Å². The van der Waals surface area contributed by atoms with Gasteiger partial charge in [0.25, 0.3) is 5.79 Å². The molecule has 0 bridgehead atoms. The third kappa shape index (κ3) is 27.6. The fraction of sp³-hybridized carbons (Fsp3) is 0.910. The van der Waals surface area contributed by atoms with Crippen molar-refractivity contribution in [3.63, 3.8) is 0 Å². The molecule has 17 N–H and O–H groups in total. The van der Waals surface area contributed by atoms with Crippen molar-refractivity contribution in [2.75, 3.05) is 33.0 Å². The molecule has 4 saturated heterocycles. The van der Waals surface area contributed by atoms with Crippen LogP contribution in [0.5, 0.6) is 0 Å². The van der Waals surface area contributed by atoms with Gasteiger partial charge in [-0.15, -0.1) is 0 Å². The Hall–Kier alpha value is -3.22. The Balaban J connectivity index is 1.54. The van der Waals surface area contributed by atoms with Crippen molar-refractivity contribution in [3.05, 3.63) is 12.2 Å². The molecule has 23 unspecified atom stereocenters. The molecule has 0 radical (unpaired) electrons. The van der Waals surface area contributed by atoms with E-state index in [2.05, 4.69) is 29.8 Å². The van der Waals surface area contributed by atoms with Crippen LogP contribution in [0.15, 0.2) is 12.2 Å². The van der Waals surface area contributed by atoms with Gasteiger partial charge in [-0.3, -0.25) is 14.4 Å². The van der Waals surface area contributed by atoms with E-state index in [1.54, 1.807) is 6.08 Å². The molecule has 4 heterocycles. The first-order valence-electron chi connectivity index (χ1n) is 35.6. The predicted octanol–water partition coefficient (Wildman–Crippen LogP) is 1.13. The SMILES string of the molecule is CCCCCCCCCCCCCC=CC(O)C(COC1OC(CO)C(OC2OC(CO)C(OC3OC(CO)C(O)C(O)C3NC(C)=O)C(OC3(C(=O)O)CC(O)C(NC(C)=O)C(C(O)C(O)CO)O3)C2O)C(O)C1O)NC(=O)CCCCCCCCCCCCCCCCC. The molecule has 4 rings (SSSR count). The molecular weight excluding hydrogens is 1260 g/mol. The van der Waals surface area contributed by atoms with E-state index in [-0.39, 0.29) is 12.3 Å². The Morgan fingerprint density at radius 2 is 1.01 bits per heavy atom. The van der Waals surface area contributed by atoms with Gasteiger partial charge in [0.05, 0.1) is 57.3 Å². The van der Waals surface area contributed by atoms with Crippen LogP contribution < -0.4 is 16.0 Å². The molecule has 0 aromatic carbocycles. The molecule has 4 aliphatic heterocycles. The van der Waals surface area contributed by atoms with Crippen LogP contribution in [0.25, 0.3) is 0 Å². The summed E-state index contributed by atoms with van der Waals surface area (Å²) >= 11 is 0. The molecule has 96 heavy (non-hydrogen) atoms. The van der Waals surface area contributed by atoms with Gasteiger partial charge in [-0.25, -0.2) is 4.79 Å². The lowest BCUT2D eigenvalue weighted by atomic mass is 9.88. The first-order valence-corrected chi connectivity index (χ1v) is 35.6. The standard InChI is InChI=1S/C67H121N3O26/c1-5-7-9-11-13-15-17-19-20-22-24-26-28-30-32-34-50(80)70-43(44(77)33-31-29-27-25-23-21-18-16-14-12-10-8-6-2)40-89-64-57(85)56(84)59(48(38-73)91-64)93-65-58(86)62(60(49(39-74)92-65)94-63-52(69-42(4)76)55(83)54(82)47(37-72)90-63)96-67(66(87)88)35-45(78)51(68-41(3)75)61(95-67)53(81)46(79)36-71/h31,33,43-49,51-65,71-74,77-79,81-86H,5-30,32,34-40H2,1-4H3,(H,68,75)(H,69,76)(H,70,80)(H,87,88). The van der Waals surface area contributed by atoms with Crippen LogP contribution in [0.2, 0.25) is 0 Å². The third-order valence-corrected chi connectivity index (χ3v) is 18.5. The van der Waals surface area contributed by atoms with E-state index in [0.717, 1.165) is 65.2 Å². The number of carboxylic acids is 1.